The molecular weight excluding hydrogens is 356 g/mol. The lowest BCUT2D eigenvalue weighted by molar-refractivity contribution is -0.131. The number of nitrogens with zero attached hydrogens (tertiary/aromatic N) is 4. The van der Waals surface area contributed by atoms with E-state index < -0.39 is 0 Å². The van der Waals surface area contributed by atoms with E-state index >= 15 is 0 Å². The number of carbonyl (C=O) groups excluding carboxylic acids is 2. The van der Waals surface area contributed by atoms with Crippen LogP contribution in [0.5, 0.6) is 0 Å². The maximum atomic E-state index is 12.6. The van der Waals surface area contributed by atoms with Crippen molar-refractivity contribution in [2.75, 3.05) is 70.4 Å². The summed E-state index contributed by atoms with van der Waals surface area (Å²) in [7, 11) is 0. The Hall–Kier alpha value is -2.28. The molecule has 2 aliphatic heterocycles. The van der Waals surface area contributed by atoms with Crippen molar-refractivity contribution < 1.29 is 14.3 Å². The summed E-state index contributed by atoms with van der Waals surface area (Å²) >= 11 is 0. The molecule has 7 heteroatoms. The monoisotopic (exact) mass is 388 g/mol. The summed E-state index contributed by atoms with van der Waals surface area (Å²) in [6.45, 7) is 11.4. The van der Waals surface area contributed by atoms with Gasteiger partial charge in [-0.25, -0.2) is 4.79 Å². The molecule has 154 valence electrons. The lowest BCUT2D eigenvalue weighted by atomic mass is 10.2. The molecule has 0 bridgehead atoms. The SMILES string of the molecule is CCOC(=O)N1CCN(CCC(=O)N2CCN(c3cccc(C)c3)CC2)CC1. The molecule has 0 N–H and O–H groups in total. The van der Waals surface area contributed by atoms with Gasteiger partial charge in [0.2, 0.25) is 5.91 Å². The van der Waals surface area contributed by atoms with Gasteiger partial charge in [-0.1, -0.05) is 12.1 Å². The van der Waals surface area contributed by atoms with Crippen LogP contribution in [0.4, 0.5) is 10.5 Å². The highest BCUT2D eigenvalue weighted by Crippen LogP contribution is 2.18. The van der Waals surface area contributed by atoms with Crippen molar-refractivity contribution in [3.63, 3.8) is 0 Å². The lowest BCUT2D eigenvalue weighted by Gasteiger charge is -2.37. The first kappa shape index (κ1) is 20.5. The van der Waals surface area contributed by atoms with E-state index in [4.69, 9.17) is 4.74 Å². The number of ether oxygens (including phenoxy) is 1. The number of rotatable bonds is 5. The first-order valence-corrected chi connectivity index (χ1v) is 10.3. The van der Waals surface area contributed by atoms with Crippen LogP contribution in [-0.4, -0.2) is 92.2 Å². The van der Waals surface area contributed by atoms with Gasteiger partial charge in [0.05, 0.1) is 6.61 Å². The average molecular weight is 389 g/mol. The molecular formula is C21H32N4O3. The first-order chi connectivity index (χ1) is 13.6. The van der Waals surface area contributed by atoms with E-state index in [0.29, 0.717) is 26.1 Å². The summed E-state index contributed by atoms with van der Waals surface area (Å²) in [5.41, 5.74) is 2.51. The fraction of sp³-hybridized carbons (Fsp3) is 0.619. The Morgan fingerprint density at radius 2 is 1.64 bits per heavy atom. The van der Waals surface area contributed by atoms with Crippen LogP contribution < -0.4 is 4.90 Å². The van der Waals surface area contributed by atoms with E-state index in [9.17, 15) is 9.59 Å². The van der Waals surface area contributed by atoms with Crippen LogP contribution in [0.25, 0.3) is 0 Å². The molecule has 0 spiro atoms. The van der Waals surface area contributed by atoms with Crippen LogP contribution in [0.3, 0.4) is 0 Å². The predicted octanol–water partition coefficient (Wildman–Crippen LogP) is 1.81. The fourth-order valence-corrected chi connectivity index (χ4v) is 3.82. The highest BCUT2D eigenvalue weighted by atomic mass is 16.6. The van der Waals surface area contributed by atoms with Crippen molar-refractivity contribution in [2.45, 2.75) is 20.3 Å². The number of benzene rings is 1. The summed E-state index contributed by atoms with van der Waals surface area (Å²) in [6, 6.07) is 8.54. The number of carbonyl (C=O) groups is 2. The number of aryl methyl sites for hydroxylation is 1. The molecule has 2 amide bonds. The van der Waals surface area contributed by atoms with E-state index in [1.54, 1.807) is 4.90 Å². The molecule has 2 fully saturated rings. The Labute approximate surface area is 167 Å². The molecule has 7 nitrogen and oxygen atoms in total. The van der Waals surface area contributed by atoms with E-state index in [1.807, 2.05) is 11.8 Å². The Morgan fingerprint density at radius 3 is 2.29 bits per heavy atom. The molecule has 1 aromatic rings. The smallest absolute Gasteiger partial charge is 0.409 e. The minimum atomic E-state index is -0.232. The van der Waals surface area contributed by atoms with Gasteiger partial charge < -0.3 is 19.4 Å². The highest BCUT2D eigenvalue weighted by molar-refractivity contribution is 5.76. The molecule has 0 radical (unpaired) electrons. The van der Waals surface area contributed by atoms with Gasteiger partial charge in [0.25, 0.3) is 0 Å². The van der Waals surface area contributed by atoms with E-state index in [1.165, 1.54) is 11.3 Å². The molecule has 2 heterocycles. The van der Waals surface area contributed by atoms with Crippen molar-refractivity contribution in [3.05, 3.63) is 29.8 Å². The summed E-state index contributed by atoms with van der Waals surface area (Å²) in [5.74, 6) is 0.233. The van der Waals surface area contributed by atoms with Crippen LogP contribution >= 0.6 is 0 Å². The minimum Gasteiger partial charge on any atom is -0.450 e. The molecule has 1 aromatic carbocycles. The molecule has 2 aliphatic rings. The maximum Gasteiger partial charge on any atom is 0.409 e. The van der Waals surface area contributed by atoms with Crippen LogP contribution in [0.2, 0.25) is 0 Å². The summed E-state index contributed by atoms with van der Waals surface area (Å²) in [4.78, 5) is 32.7. The van der Waals surface area contributed by atoms with Crippen molar-refractivity contribution in [3.8, 4) is 0 Å². The highest BCUT2D eigenvalue weighted by Gasteiger charge is 2.24. The largest absolute Gasteiger partial charge is 0.450 e. The van der Waals surface area contributed by atoms with Gasteiger partial charge in [0.15, 0.2) is 0 Å². The second kappa shape index (κ2) is 9.78. The Kier molecular flexibility index (Phi) is 7.14. The lowest BCUT2D eigenvalue weighted by Crippen LogP contribution is -2.51. The number of anilines is 1. The van der Waals surface area contributed by atoms with Crippen LogP contribution in [0.1, 0.15) is 18.9 Å². The summed E-state index contributed by atoms with van der Waals surface area (Å²) in [5, 5.41) is 0. The third-order valence-corrected chi connectivity index (χ3v) is 5.54. The second-order valence-corrected chi connectivity index (χ2v) is 7.48. The topological polar surface area (TPSA) is 56.3 Å². The van der Waals surface area contributed by atoms with Gasteiger partial charge in [-0.2, -0.15) is 0 Å². The van der Waals surface area contributed by atoms with Crippen molar-refractivity contribution in [1.82, 2.24) is 14.7 Å². The molecule has 0 saturated carbocycles. The standard InChI is InChI=1S/C21H32N4O3/c1-3-28-21(27)25-11-9-22(10-12-25)8-7-20(26)24-15-13-23(14-16-24)19-6-4-5-18(2)17-19/h4-6,17H,3,7-16H2,1-2H3. The summed E-state index contributed by atoms with van der Waals surface area (Å²) < 4.78 is 5.04. The molecule has 0 atom stereocenters. The molecule has 0 unspecified atom stereocenters. The number of hydrogen-bond donors (Lipinski definition) is 0. The van der Waals surface area contributed by atoms with E-state index in [0.717, 1.165) is 45.8 Å². The Bertz CT molecular complexity index is 665. The second-order valence-electron chi connectivity index (χ2n) is 7.48. The molecule has 0 aromatic heterocycles. The normalized spacial score (nSPS) is 18.3. The molecule has 2 saturated heterocycles. The Balaban J connectivity index is 1.37. The van der Waals surface area contributed by atoms with Crippen LogP contribution in [0, 0.1) is 6.92 Å². The molecule has 3 rings (SSSR count). The summed E-state index contributed by atoms with van der Waals surface area (Å²) in [6.07, 6.45) is 0.314. The minimum absolute atomic E-state index is 0.232. The predicted molar refractivity (Wildman–Crippen MR) is 110 cm³/mol. The van der Waals surface area contributed by atoms with Gasteiger partial charge in [-0.3, -0.25) is 9.69 Å². The molecule has 0 aliphatic carbocycles. The zero-order valence-electron chi connectivity index (χ0n) is 17.1. The maximum absolute atomic E-state index is 12.6. The quantitative estimate of drug-likeness (QED) is 0.770. The van der Waals surface area contributed by atoms with Crippen LogP contribution in [-0.2, 0) is 9.53 Å². The van der Waals surface area contributed by atoms with Gasteiger partial charge >= 0.3 is 6.09 Å². The zero-order chi connectivity index (χ0) is 19.9. The van der Waals surface area contributed by atoms with Crippen molar-refractivity contribution >= 4 is 17.7 Å². The molecule has 28 heavy (non-hydrogen) atoms. The average Bonchev–Trinajstić information content (AvgIpc) is 2.72. The van der Waals surface area contributed by atoms with Gasteiger partial charge in [0, 0.05) is 71.0 Å². The zero-order valence-corrected chi connectivity index (χ0v) is 17.1. The fourth-order valence-electron chi connectivity index (χ4n) is 3.82. The Morgan fingerprint density at radius 1 is 0.964 bits per heavy atom. The van der Waals surface area contributed by atoms with Crippen LogP contribution in [0.15, 0.2) is 24.3 Å². The van der Waals surface area contributed by atoms with Crippen molar-refractivity contribution in [2.24, 2.45) is 0 Å². The van der Waals surface area contributed by atoms with E-state index in [2.05, 4.69) is 41.0 Å². The van der Waals surface area contributed by atoms with E-state index in [-0.39, 0.29) is 12.0 Å². The number of hydrogen-bond acceptors (Lipinski definition) is 5. The number of piperazine rings is 2. The third kappa shape index (κ3) is 5.38. The number of amides is 2. The van der Waals surface area contributed by atoms with Gasteiger partial charge in [0.1, 0.15) is 0 Å². The van der Waals surface area contributed by atoms with Crippen molar-refractivity contribution in [1.29, 1.82) is 0 Å². The van der Waals surface area contributed by atoms with Gasteiger partial charge in [-0.15, -0.1) is 0 Å². The van der Waals surface area contributed by atoms with Gasteiger partial charge in [-0.05, 0) is 31.5 Å². The third-order valence-electron chi connectivity index (χ3n) is 5.54. The first-order valence-electron chi connectivity index (χ1n) is 10.3.